The molecule has 112 valence electrons. The van der Waals surface area contributed by atoms with Gasteiger partial charge in [-0.15, -0.1) is 0 Å². The molecule has 0 fully saturated rings. The molecule has 1 unspecified atom stereocenters. The first-order valence-corrected chi connectivity index (χ1v) is 7.18. The first-order valence-electron chi connectivity index (χ1n) is 6.43. The number of ether oxygens (including phenoxy) is 1. The Labute approximate surface area is 138 Å². The zero-order valence-electron chi connectivity index (χ0n) is 11.6. The van der Waals surface area contributed by atoms with Crippen molar-refractivity contribution in [3.63, 3.8) is 0 Å². The number of halogens is 2. The number of anilines is 1. The van der Waals surface area contributed by atoms with Crippen molar-refractivity contribution >= 4 is 34.8 Å². The molecular formula is C16H12Cl2N2O2. The van der Waals surface area contributed by atoms with Gasteiger partial charge in [0.05, 0.1) is 16.3 Å². The van der Waals surface area contributed by atoms with E-state index in [1.807, 2.05) is 6.07 Å². The van der Waals surface area contributed by atoms with Crippen LogP contribution in [-0.2, 0) is 4.79 Å². The van der Waals surface area contributed by atoms with Crippen molar-refractivity contribution in [2.75, 3.05) is 5.32 Å². The van der Waals surface area contributed by atoms with Crippen molar-refractivity contribution in [1.29, 1.82) is 5.26 Å². The van der Waals surface area contributed by atoms with Crippen molar-refractivity contribution in [3.05, 3.63) is 58.1 Å². The van der Waals surface area contributed by atoms with Crippen LogP contribution >= 0.6 is 23.2 Å². The Morgan fingerprint density at radius 2 is 2.00 bits per heavy atom. The summed E-state index contributed by atoms with van der Waals surface area (Å²) in [6.45, 7) is 1.59. The molecule has 0 spiro atoms. The van der Waals surface area contributed by atoms with Crippen LogP contribution in [0.15, 0.2) is 42.5 Å². The summed E-state index contributed by atoms with van der Waals surface area (Å²) >= 11 is 11.8. The number of benzene rings is 2. The van der Waals surface area contributed by atoms with Crippen LogP contribution in [0.5, 0.6) is 5.75 Å². The number of nitriles is 1. The van der Waals surface area contributed by atoms with Crippen LogP contribution in [0.4, 0.5) is 5.69 Å². The van der Waals surface area contributed by atoms with Gasteiger partial charge in [0.1, 0.15) is 11.8 Å². The Morgan fingerprint density at radius 1 is 1.27 bits per heavy atom. The lowest BCUT2D eigenvalue weighted by Crippen LogP contribution is -2.30. The highest BCUT2D eigenvalue weighted by molar-refractivity contribution is 6.36. The summed E-state index contributed by atoms with van der Waals surface area (Å²) in [5.74, 6) is -0.0215. The fourth-order valence-corrected chi connectivity index (χ4v) is 2.19. The van der Waals surface area contributed by atoms with Crippen LogP contribution < -0.4 is 10.1 Å². The summed E-state index contributed by atoms with van der Waals surface area (Å²) in [7, 11) is 0. The summed E-state index contributed by atoms with van der Waals surface area (Å²) in [6, 6.07) is 13.5. The Morgan fingerprint density at radius 3 is 2.68 bits per heavy atom. The van der Waals surface area contributed by atoms with Gasteiger partial charge in [-0.05, 0) is 37.3 Å². The minimum atomic E-state index is -0.791. The lowest BCUT2D eigenvalue weighted by molar-refractivity contribution is -0.122. The molecule has 0 aliphatic heterocycles. The molecule has 4 nitrogen and oxygen atoms in total. The highest BCUT2D eigenvalue weighted by atomic mass is 35.5. The Balaban J connectivity index is 2.08. The molecular weight excluding hydrogens is 323 g/mol. The molecule has 22 heavy (non-hydrogen) atoms. The highest BCUT2D eigenvalue weighted by Gasteiger charge is 2.17. The van der Waals surface area contributed by atoms with Crippen molar-refractivity contribution in [2.45, 2.75) is 13.0 Å². The number of rotatable bonds is 4. The van der Waals surface area contributed by atoms with Crippen LogP contribution in [0.3, 0.4) is 0 Å². The van der Waals surface area contributed by atoms with Crippen molar-refractivity contribution in [2.24, 2.45) is 0 Å². The predicted octanol–water partition coefficient (Wildman–Crippen LogP) is 4.27. The van der Waals surface area contributed by atoms with Gasteiger partial charge in [-0.3, -0.25) is 4.79 Å². The molecule has 2 aromatic rings. The summed E-state index contributed by atoms with van der Waals surface area (Å²) in [5.41, 5.74) is 0.812. The fraction of sp³-hybridized carbons (Fsp3) is 0.125. The molecule has 1 N–H and O–H groups in total. The van der Waals surface area contributed by atoms with Crippen LogP contribution in [0.25, 0.3) is 0 Å². The van der Waals surface area contributed by atoms with E-state index in [0.29, 0.717) is 27.0 Å². The molecule has 2 rings (SSSR count). The maximum absolute atomic E-state index is 12.1. The maximum Gasteiger partial charge on any atom is 0.265 e. The smallest absolute Gasteiger partial charge is 0.265 e. The minimum Gasteiger partial charge on any atom is -0.480 e. The monoisotopic (exact) mass is 334 g/mol. The predicted molar refractivity (Wildman–Crippen MR) is 86.3 cm³/mol. The summed E-state index contributed by atoms with van der Waals surface area (Å²) < 4.78 is 5.53. The summed E-state index contributed by atoms with van der Waals surface area (Å²) in [4.78, 5) is 12.1. The topological polar surface area (TPSA) is 62.1 Å². The van der Waals surface area contributed by atoms with E-state index in [4.69, 9.17) is 33.2 Å². The number of hydrogen-bond acceptors (Lipinski definition) is 3. The van der Waals surface area contributed by atoms with Gasteiger partial charge < -0.3 is 10.1 Å². The van der Waals surface area contributed by atoms with E-state index in [9.17, 15) is 4.79 Å². The average molecular weight is 335 g/mol. The normalized spacial score (nSPS) is 11.4. The second kappa shape index (κ2) is 7.17. The summed E-state index contributed by atoms with van der Waals surface area (Å²) in [6.07, 6.45) is -0.791. The number of hydrogen-bond donors (Lipinski definition) is 1. The lowest BCUT2D eigenvalue weighted by Gasteiger charge is -2.16. The number of para-hydroxylation sites is 1. The molecule has 2 aromatic carbocycles. The standard InChI is InChI=1S/C16H12Cl2N2O2/c1-10(22-15-5-3-2-4-11(15)9-19)16(21)20-14-7-6-12(17)8-13(14)18/h2-8,10H,1H3,(H,20,21). The zero-order valence-corrected chi connectivity index (χ0v) is 13.2. The van der Waals surface area contributed by atoms with E-state index in [2.05, 4.69) is 5.32 Å². The van der Waals surface area contributed by atoms with E-state index in [1.54, 1.807) is 43.3 Å². The SMILES string of the molecule is CC(Oc1ccccc1C#N)C(=O)Nc1ccc(Cl)cc1Cl. The molecule has 1 atom stereocenters. The van der Waals surface area contributed by atoms with Gasteiger partial charge in [0.15, 0.2) is 6.10 Å². The number of amides is 1. The van der Waals surface area contributed by atoms with E-state index >= 15 is 0 Å². The quantitative estimate of drug-likeness (QED) is 0.907. The van der Waals surface area contributed by atoms with E-state index < -0.39 is 6.10 Å². The van der Waals surface area contributed by atoms with Gasteiger partial charge in [-0.2, -0.15) is 5.26 Å². The molecule has 0 aromatic heterocycles. The third-order valence-electron chi connectivity index (χ3n) is 2.87. The van der Waals surface area contributed by atoms with Crippen molar-refractivity contribution in [3.8, 4) is 11.8 Å². The number of carbonyl (C=O) groups excluding carboxylic acids is 1. The molecule has 0 bridgehead atoms. The maximum atomic E-state index is 12.1. The minimum absolute atomic E-state index is 0.338. The molecule has 0 aliphatic rings. The van der Waals surface area contributed by atoms with Gasteiger partial charge in [-0.25, -0.2) is 0 Å². The van der Waals surface area contributed by atoms with Crippen LogP contribution in [0, 0.1) is 11.3 Å². The second-order valence-electron chi connectivity index (χ2n) is 4.48. The first-order chi connectivity index (χ1) is 10.5. The molecule has 0 aliphatic carbocycles. The lowest BCUT2D eigenvalue weighted by atomic mass is 10.2. The van der Waals surface area contributed by atoms with Crippen LogP contribution in [-0.4, -0.2) is 12.0 Å². The average Bonchev–Trinajstić information content (AvgIpc) is 2.50. The highest BCUT2D eigenvalue weighted by Crippen LogP contribution is 2.26. The third kappa shape index (κ3) is 3.91. The van der Waals surface area contributed by atoms with Gasteiger partial charge in [0.2, 0.25) is 0 Å². The Hall–Kier alpha value is -2.22. The van der Waals surface area contributed by atoms with Gasteiger partial charge in [0, 0.05) is 5.02 Å². The van der Waals surface area contributed by atoms with Crippen LogP contribution in [0.2, 0.25) is 10.0 Å². The molecule has 0 radical (unpaired) electrons. The Bertz CT molecular complexity index is 741. The first kappa shape index (κ1) is 16.2. The van der Waals surface area contributed by atoms with Gasteiger partial charge in [0.25, 0.3) is 5.91 Å². The van der Waals surface area contributed by atoms with E-state index in [1.165, 1.54) is 6.07 Å². The fourth-order valence-electron chi connectivity index (χ4n) is 1.73. The van der Waals surface area contributed by atoms with Gasteiger partial charge in [-0.1, -0.05) is 35.3 Å². The van der Waals surface area contributed by atoms with Crippen molar-refractivity contribution < 1.29 is 9.53 Å². The number of nitrogens with one attached hydrogen (secondary N) is 1. The second-order valence-corrected chi connectivity index (χ2v) is 5.33. The Kier molecular flexibility index (Phi) is 5.26. The third-order valence-corrected chi connectivity index (χ3v) is 3.42. The number of carbonyl (C=O) groups is 1. The van der Waals surface area contributed by atoms with E-state index in [-0.39, 0.29) is 5.91 Å². The summed E-state index contributed by atoms with van der Waals surface area (Å²) in [5, 5.41) is 12.5. The van der Waals surface area contributed by atoms with E-state index in [0.717, 1.165) is 0 Å². The molecule has 0 saturated carbocycles. The largest absolute Gasteiger partial charge is 0.480 e. The molecule has 1 amide bonds. The molecule has 6 heteroatoms. The zero-order chi connectivity index (χ0) is 16.1. The van der Waals surface area contributed by atoms with Crippen LogP contribution in [0.1, 0.15) is 12.5 Å². The molecule has 0 saturated heterocycles. The number of nitrogens with zero attached hydrogens (tertiary/aromatic N) is 1. The van der Waals surface area contributed by atoms with Crippen molar-refractivity contribution in [1.82, 2.24) is 0 Å². The molecule has 0 heterocycles. The van der Waals surface area contributed by atoms with Gasteiger partial charge >= 0.3 is 0 Å².